The van der Waals surface area contributed by atoms with E-state index in [1.807, 2.05) is 12.1 Å². The molecule has 104 valence electrons. The lowest BCUT2D eigenvalue weighted by Gasteiger charge is -2.27. The standard InChI is InChI=1S/C15H23N3O/c1-3-4-9-18(12-6-7-12)14-10-11(2)5-8-13(14)15(16)17-19/h5,8,10,12,19H,3-4,6-7,9H2,1-2H3,(H2,16,17). The first kappa shape index (κ1) is 13.7. The molecule has 0 bridgehead atoms. The van der Waals surface area contributed by atoms with Crippen molar-refractivity contribution in [3.8, 4) is 0 Å². The SMILES string of the molecule is CCCCN(c1cc(C)ccc1C(N)=NO)C1CC1. The van der Waals surface area contributed by atoms with Crippen LogP contribution in [0.25, 0.3) is 0 Å². The van der Waals surface area contributed by atoms with Crippen molar-refractivity contribution in [2.45, 2.75) is 45.6 Å². The highest BCUT2D eigenvalue weighted by Crippen LogP contribution is 2.34. The lowest BCUT2D eigenvalue weighted by atomic mass is 10.1. The second-order valence-electron chi connectivity index (χ2n) is 5.28. The molecule has 0 aromatic heterocycles. The van der Waals surface area contributed by atoms with Crippen LogP contribution in [-0.4, -0.2) is 23.6 Å². The van der Waals surface area contributed by atoms with Crippen molar-refractivity contribution in [3.63, 3.8) is 0 Å². The molecule has 0 heterocycles. The Kier molecular flexibility index (Phi) is 4.30. The third-order valence-corrected chi connectivity index (χ3v) is 3.59. The maximum absolute atomic E-state index is 8.94. The molecule has 2 rings (SSSR count). The predicted octanol–water partition coefficient (Wildman–Crippen LogP) is 2.86. The number of hydrogen-bond acceptors (Lipinski definition) is 3. The molecule has 1 saturated carbocycles. The maximum atomic E-state index is 8.94. The van der Waals surface area contributed by atoms with Gasteiger partial charge in [0.25, 0.3) is 0 Å². The van der Waals surface area contributed by atoms with Gasteiger partial charge in [0.15, 0.2) is 5.84 Å². The zero-order valence-electron chi connectivity index (χ0n) is 11.8. The van der Waals surface area contributed by atoms with Crippen LogP contribution in [0.2, 0.25) is 0 Å². The number of unbranched alkanes of at least 4 members (excludes halogenated alkanes) is 1. The van der Waals surface area contributed by atoms with Gasteiger partial charge in [0.05, 0.1) is 0 Å². The predicted molar refractivity (Wildman–Crippen MR) is 79.0 cm³/mol. The third-order valence-electron chi connectivity index (χ3n) is 3.59. The summed E-state index contributed by atoms with van der Waals surface area (Å²) in [4.78, 5) is 2.42. The van der Waals surface area contributed by atoms with E-state index in [-0.39, 0.29) is 5.84 Å². The van der Waals surface area contributed by atoms with E-state index >= 15 is 0 Å². The second-order valence-corrected chi connectivity index (χ2v) is 5.28. The summed E-state index contributed by atoms with van der Waals surface area (Å²) in [5.74, 6) is 0.192. The Labute approximate surface area is 114 Å². The van der Waals surface area contributed by atoms with Gasteiger partial charge in [-0.1, -0.05) is 24.6 Å². The Hall–Kier alpha value is -1.71. The van der Waals surface area contributed by atoms with Crippen LogP contribution in [-0.2, 0) is 0 Å². The highest BCUT2D eigenvalue weighted by atomic mass is 16.4. The lowest BCUT2D eigenvalue weighted by Crippen LogP contribution is -2.30. The Morgan fingerprint density at radius 2 is 2.21 bits per heavy atom. The first-order valence-electron chi connectivity index (χ1n) is 7.02. The fourth-order valence-electron chi connectivity index (χ4n) is 2.36. The Morgan fingerprint density at radius 1 is 1.47 bits per heavy atom. The van der Waals surface area contributed by atoms with Crippen molar-refractivity contribution in [2.75, 3.05) is 11.4 Å². The highest BCUT2D eigenvalue weighted by molar-refractivity contribution is 6.02. The molecular formula is C15H23N3O. The van der Waals surface area contributed by atoms with Gasteiger partial charge in [-0.15, -0.1) is 0 Å². The van der Waals surface area contributed by atoms with Crippen molar-refractivity contribution in [2.24, 2.45) is 10.9 Å². The molecule has 0 aliphatic heterocycles. The largest absolute Gasteiger partial charge is 0.409 e. The number of aryl methyl sites for hydroxylation is 1. The fourth-order valence-corrected chi connectivity index (χ4v) is 2.36. The Balaban J connectivity index is 2.36. The number of anilines is 1. The fraction of sp³-hybridized carbons (Fsp3) is 0.533. The highest BCUT2D eigenvalue weighted by Gasteiger charge is 2.30. The van der Waals surface area contributed by atoms with Crippen LogP contribution in [0.3, 0.4) is 0 Å². The third kappa shape index (κ3) is 3.19. The average molecular weight is 261 g/mol. The van der Waals surface area contributed by atoms with Crippen LogP contribution in [0.4, 0.5) is 5.69 Å². The first-order valence-corrected chi connectivity index (χ1v) is 7.02. The van der Waals surface area contributed by atoms with E-state index in [0.717, 1.165) is 17.8 Å². The Bertz CT molecular complexity index is 466. The molecule has 4 nitrogen and oxygen atoms in total. The van der Waals surface area contributed by atoms with Crippen LogP contribution in [0.15, 0.2) is 23.4 Å². The molecule has 0 atom stereocenters. The summed E-state index contributed by atoms with van der Waals surface area (Å²) in [7, 11) is 0. The van der Waals surface area contributed by atoms with E-state index in [1.54, 1.807) is 0 Å². The molecule has 1 aliphatic carbocycles. The summed E-state index contributed by atoms with van der Waals surface area (Å²) in [6, 6.07) is 6.71. The summed E-state index contributed by atoms with van der Waals surface area (Å²) in [6.07, 6.45) is 4.83. The van der Waals surface area contributed by atoms with Crippen molar-refractivity contribution < 1.29 is 5.21 Å². The number of hydrogen-bond donors (Lipinski definition) is 2. The van der Waals surface area contributed by atoms with E-state index in [4.69, 9.17) is 10.9 Å². The van der Waals surface area contributed by atoms with Crippen molar-refractivity contribution in [3.05, 3.63) is 29.3 Å². The molecule has 0 unspecified atom stereocenters. The van der Waals surface area contributed by atoms with Crippen LogP contribution in [0.1, 0.15) is 43.7 Å². The van der Waals surface area contributed by atoms with Gasteiger partial charge >= 0.3 is 0 Å². The van der Waals surface area contributed by atoms with Crippen LogP contribution in [0, 0.1) is 6.92 Å². The minimum Gasteiger partial charge on any atom is -0.409 e. The summed E-state index contributed by atoms with van der Waals surface area (Å²) >= 11 is 0. The Morgan fingerprint density at radius 3 is 2.79 bits per heavy atom. The normalized spacial score (nSPS) is 15.6. The molecule has 0 amide bonds. The summed E-state index contributed by atoms with van der Waals surface area (Å²) in [5, 5.41) is 12.1. The van der Waals surface area contributed by atoms with Gasteiger partial charge in [0, 0.05) is 23.8 Å². The zero-order valence-corrected chi connectivity index (χ0v) is 11.8. The number of oxime groups is 1. The van der Waals surface area contributed by atoms with Crippen molar-refractivity contribution in [1.82, 2.24) is 0 Å². The van der Waals surface area contributed by atoms with Gasteiger partial charge in [0.2, 0.25) is 0 Å². The van der Waals surface area contributed by atoms with Gasteiger partial charge < -0.3 is 15.8 Å². The molecule has 1 fully saturated rings. The molecule has 1 aliphatic rings. The molecular weight excluding hydrogens is 238 g/mol. The number of benzene rings is 1. The van der Waals surface area contributed by atoms with E-state index in [1.165, 1.54) is 31.2 Å². The smallest absolute Gasteiger partial charge is 0.172 e. The second kappa shape index (κ2) is 5.95. The van der Waals surface area contributed by atoms with E-state index in [0.29, 0.717) is 6.04 Å². The van der Waals surface area contributed by atoms with E-state index < -0.39 is 0 Å². The van der Waals surface area contributed by atoms with Gasteiger partial charge in [-0.2, -0.15) is 0 Å². The van der Waals surface area contributed by atoms with Crippen LogP contribution >= 0.6 is 0 Å². The molecule has 1 aromatic carbocycles. The van der Waals surface area contributed by atoms with Gasteiger partial charge in [-0.05, 0) is 43.9 Å². The minimum absolute atomic E-state index is 0.192. The lowest BCUT2D eigenvalue weighted by molar-refractivity contribution is 0.318. The topological polar surface area (TPSA) is 61.8 Å². The van der Waals surface area contributed by atoms with Crippen molar-refractivity contribution >= 4 is 11.5 Å². The van der Waals surface area contributed by atoms with Gasteiger partial charge in [-0.3, -0.25) is 0 Å². The quantitative estimate of drug-likeness (QED) is 0.358. The molecule has 1 aromatic rings. The molecule has 3 N–H and O–H groups in total. The minimum atomic E-state index is 0.192. The summed E-state index contributed by atoms with van der Waals surface area (Å²) < 4.78 is 0. The number of amidine groups is 1. The number of nitrogens with zero attached hydrogens (tertiary/aromatic N) is 2. The monoisotopic (exact) mass is 261 g/mol. The average Bonchev–Trinajstić information content (AvgIpc) is 3.23. The molecule has 19 heavy (non-hydrogen) atoms. The molecule has 0 spiro atoms. The molecule has 0 saturated heterocycles. The first-order chi connectivity index (χ1) is 9.17. The zero-order chi connectivity index (χ0) is 13.8. The van der Waals surface area contributed by atoms with E-state index in [2.05, 4.69) is 30.0 Å². The summed E-state index contributed by atoms with van der Waals surface area (Å²) in [5.41, 5.74) is 8.94. The molecule has 4 heteroatoms. The van der Waals surface area contributed by atoms with Gasteiger partial charge in [0.1, 0.15) is 0 Å². The molecule has 0 radical (unpaired) electrons. The summed E-state index contributed by atoms with van der Waals surface area (Å²) in [6.45, 7) is 5.31. The van der Waals surface area contributed by atoms with Gasteiger partial charge in [-0.25, -0.2) is 0 Å². The maximum Gasteiger partial charge on any atom is 0.172 e. The van der Waals surface area contributed by atoms with Crippen LogP contribution in [0.5, 0.6) is 0 Å². The van der Waals surface area contributed by atoms with Crippen LogP contribution < -0.4 is 10.6 Å². The number of nitrogens with two attached hydrogens (primary N) is 1. The van der Waals surface area contributed by atoms with E-state index in [9.17, 15) is 0 Å². The number of rotatable bonds is 6. The van der Waals surface area contributed by atoms with Crippen molar-refractivity contribution in [1.29, 1.82) is 0 Å².